The van der Waals surface area contributed by atoms with Crippen LogP contribution >= 0.6 is 0 Å². The zero-order chi connectivity index (χ0) is 12.0. The van der Waals surface area contributed by atoms with Crippen LogP contribution in [-0.4, -0.2) is 13.1 Å². The van der Waals surface area contributed by atoms with Crippen molar-refractivity contribution < 1.29 is 9.53 Å². The molecule has 1 aromatic carbocycles. The molecule has 1 rings (SSSR count). The second kappa shape index (κ2) is 6.31. The molecule has 0 bridgehead atoms. The van der Waals surface area contributed by atoms with E-state index in [-0.39, 0.29) is 11.9 Å². The molecular weight excluding hydrogens is 200 g/mol. The number of ether oxygens (including phenoxy) is 1. The minimum Gasteiger partial charge on any atom is -0.469 e. The molecule has 1 aromatic rings. The van der Waals surface area contributed by atoms with Crippen molar-refractivity contribution in [3.63, 3.8) is 0 Å². The Bertz CT molecular complexity index is 319. The van der Waals surface area contributed by atoms with E-state index in [9.17, 15) is 4.79 Å². The van der Waals surface area contributed by atoms with Gasteiger partial charge in [0, 0.05) is 0 Å². The Labute approximate surface area is 97.6 Å². The molecule has 2 nitrogen and oxygen atoms in total. The largest absolute Gasteiger partial charge is 0.469 e. The fraction of sp³-hybridized carbons (Fsp3) is 0.500. The van der Waals surface area contributed by atoms with E-state index in [2.05, 4.69) is 19.1 Å². The average Bonchev–Trinajstić information content (AvgIpc) is 2.35. The predicted molar refractivity (Wildman–Crippen MR) is 65.3 cm³/mol. The highest BCUT2D eigenvalue weighted by atomic mass is 16.5. The van der Waals surface area contributed by atoms with E-state index in [1.807, 2.05) is 25.1 Å². The summed E-state index contributed by atoms with van der Waals surface area (Å²) in [6, 6.07) is 10.3. The van der Waals surface area contributed by atoms with Crippen LogP contribution in [0.15, 0.2) is 30.3 Å². The molecule has 0 amide bonds. The van der Waals surface area contributed by atoms with Crippen LogP contribution in [0.5, 0.6) is 0 Å². The Morgan fingerprint density at radius 2 is 1.94 bits per heavy atom. The van der Waals surface area contributed by atoms with Crippen molar-refractivity contribution in [2.24, 2.45) is 5.92 Å². The van der Waals surface area contributed by atoms with Crippen LogP contribution < -0.4 is 0 Å². The summed E-state index contributed by atoms with van der Waals surface area (Å²) in [5, 5.41) is 0. The maximum Gasteiger partial charge on any atom is 0.308 e. The zero-order valence-electron chi connectivity index (χ0n) is 10.3. The van der Waals surface area contributed by atoms with E-state index >= 15 is 0 Å². The number of benzene rings is 1. The third-order valence-electron chi connectivity index (χ3n) is 3.01. The van der Waals surface area contributed by atoms with Crippen molar-refractivity contribution in [1.29, 1.82) is 0 Å². The van der Waals surface area contributed by atoms with Crippen LogP contribution in [-0.2, 0) is 9.53 Å². The first-order chi connectivity index (χ1) is 7.69. The Balaban J connectivity index is 2.66. The Morgan fingerprint density at radius 3 is 2.44 bits per heavy atom. The van der Waals surface area contributed by atoms with E-state index in [1.165, 1.54) is 12.7 Å². The molecule has 2 atom stereocenters. The van der Waals surface area contributed by atoms with Gasteiger partial charge in [0.25, 0.3) is 0 Å². The van der Waals surface area contributed by atoms with Gasteiger partial charge in [-0.25, -0.2) is 0 Å². The van der Waals surface area contributed by atoms with Gasteiger partial charge in [0.15, 0.2) is 0 Å². The summed E-state index contributed by atoms with van der Waals surface area (Å²) in [6.45, 7) is 4.08. The first kappa shape index (κ1) is 12.8. The summed E-state index contributed by atoms with van der Waals surface area (Å²) in [7, 11) is 1.45. The van der Waals surface area contributed by atoms with E-state index in [0.29, 0.717) is 5.92 Å². The van der Waals surface area contributed by atoms with Crippen LogP contribution in [0.4, 0.5) is 0 Å². The van der Waals surface area contributed by atoms with E-state index in [0.717, 1.165) is 12.8 Å². The molecule has 0 saturated heterocycles. The van der Waals surface area contributed by atoms with Gasteiger partial charge in [-0.1, -0.05) is 44.2 Å². The fourth-order valence-electron chi connectivity index (χ4n) is 1.99. The highest BCUT2D eigenvalue weighted by molar-refractivity contribution is 5.71. The average molecular weight is 220 g/mol. The number of rotatable bonds is 5. The maximum atomic E-state index is 11.4. The molecule has 16 heavy (non-hydrogen) atoms. The van der Waals surface area contributed by atoms with Gasteiger partial charge in [-0.2, -0.15) is 0 Å². The van der Waals surface area contributed by atoms with Crippen LogP contribution in [0.1, 0.15) is 38.2 Å². The molecule has 0 N–H and O–H groups in total. The van der Waals surface area contributed by atoms with Crippen LogP contribution in [0.3, 0.4) is 0 Å². The minimum atomic E-state index is -0.116. The maximum absolute atomic E-state index is 11.4. The molecule has 88 valence electrons. The summed E-state index contributed by atoms with van der Waals surface area (Å²) >= 11 is 0. The van der Waals surface area contributed by atoms with Gasteiger partial charge >= 0.3 is 5.97 Å². The predicted octanol–water partition coefficient (Wildman–Crippen LogP) is 3.38. The summed E-state index contributed by atoms with van der Waals surface area (Å²) in [4.78, 5) is 11.4. The number of hydrogen-bond donors (Lipinski definition) is 0. The highest BCUT2D eigenvalue weighted by Gasteiger charge is 2.19. The van der Waals surface area contributed by atoms with Crippen molar-refractivity contribution in [1.82, 2.24) is 0 Å². The number of esters is 1. The van der Waals surface area contributed by atoms with Gasteiger partial charge in [-0.3, -0.25) is 4.79 Å². The highest BCUT2D eigenvalue weighted by Crippen LogP contribution is 2.27. The lowest BCUT2D eigenvalue weighted by molar-refractivity contribution is -0.145. The minimum absolute atomic E-state index is 0.0323. The second-order valence-corrected chi connectivity index (χ2v) is 4.18. The van der Waals surface area contributed by atoms with Gasteiger partial charge in [0.1, 0.15) is 0 Å². The molecule has 2 heteroatoms. The number of carbonyl (C=O) groups is 1. The molecule has 0 spiro atoms. The Kier molecular flexibility index (Phi) is 5.03. The van der Waals surface area contributed by atoms with Crippen molar-refractivity contribution in [3.8, 4) is 0 Å². The van der Waals surface area contributed by atoms with Crippen molar-refractivity contribution in [3.05, 3.63) is 35.9 Å². The van der Waals surface area contributed by atoms with Crippen LogP contribution in [0.2, 0.25) is 0 Å². The summed E-state index contributed by atoms with van der Waals surface area (Å²) < 4.78 is 4.75. The molecule has 0 aliphatic carbocycles. The number of hydrogen-bond acceptors (Lipinski definition) is 2. The molecule has 2 unspecified atom stereocenters. The normalized spacial score (nSPS) is 14.2. The lowest BCUT2D eigenvalue weighted by atomic mass is 9.88. The molecule has 0 heterocycles. The van der Waals surface area contributed by atoms with E-state index < -0.39 is 0 Å². The molecule has 0 radical (unpaired) electrons. The first-order valence-electron chi connectivity index (χ1n) is 5.81. The van der Waals surface area contributed by atoms with E-state index in [4.69, 9.17) is 4.74 Å². The molecule has 0 aliphatic heterocycles. The van der Waals surface area contributed by atoms with Crippen molar-refractivity contribution in [2.75, 3.05) is 7.11 Å². The van der Waals surface area contributed by atoms with Crippen LogP contribution in [0, 0.1) is 5.92 Å². The first-order valence-corrected chi connectivity index (χ1v) is 5.81. The molecule has 0 aliphatic rings. The van der Waals surface area contributed by atoms with Gasteiger partial charge in [-0.05, 0) is 24.3 Å². The quantitative estimate of drug-likeness (QED) is 0.711. The zero-order valence-corrected chi connectivity index (χ0v) is 10.3. The second-order valence-electron chi connectivity index (χ2n) is 4.18. The van der Waals surface area contributed by atoms with E-state index in [1.54, 1.807) is 0 Å². The standard InChI is InChI=1S/C14H20O2/c1-4-12(10-11(2)14(15)16-3)13-8-6-5-7-9-13/h5-9,11-12H,4,10H2,1-3H3. The Hall–Kier alpha value is -1.31. The number of methoxy groups -OCH3 is 1. The summed E-state index contributed by atoms with van der Waals surface area (Å²) in [5.41, 5.74) is 1.31. The topological polar surface area (TPSA) is 26.3 Å². The molecule has 0 aromatic heterocycles. The lowest BCUT2D eigenvalue weighted by Crippen LogP contribution is -2.15. The monoisotopic (exact) mass is 220 g/mol. The number of carbonyl (C=O) groups excluding carboxylic acids is 1. The van der Waals surface area contributed by atoms with Gasteiger partial charge in [0.05, 0.1) is 13.0 Å². The fourth-order valence-corrected chi connectivity index (χ4v) is 1.99. The smallest absolute Gasteiger partial charge is 0.308 e. The van der Waals surface area contributed by atoms with Crippen molar-refractivity contribution >= 4 is 5.97 Å². The summed E-state index contributed by atoms with van der Waals surface area (Å²) in [6.07, 6.45) is 1.90. The molecule has 0 fully saturated rings. The Morgan fingerprint density at radius 1 is 1.31 bits per heavy atom. The van der Waals surface area contributed by atoms with Gasteiger partial charge in [-0.15, -0.1) is 0 Å². The van der Waals surface area contributed by atoms with Gasteiger partial charge < -0.3 is 4.74 Å². The molecular formula is C14H20O2. The van der Waals surface area contributed by atoms with Crippen LogP contribution in [0.25, 0.3) is 0 Å². The third kappa shape index (κ3) is 3.37. The van der Waals surface area contributed by atoms with Gasteiger partial charge in [0.2, 0.25) is 0 Å². The van der Waals surface area contributed by atoms with Crippen molar-refractivity contribution in [2.45, 2.75) is 32.6 Å². The third-order valence-corrected chi connectivity index (χ3v) is 3.01. The summed E-state index contributed by atoms with van der Waals surface area (Å²) in [5.74, 6) is 0.292. The lowest BCUT2D eigenvalue weighted by Gasteiger charge is -2.18. The SMILES string of the molecule is CCC(CC(C)C(=O)OC)c1ccccc1. The molecule has 0 saturated carbocycles.